The predicted octanol–water partition coefficient (Wildman–Crippen LogP) is 16.2. The third-order valence-electron chi connectivity index (χ3n) is 13.8. The highest BCUT2D eigenvalue weighted by molar-refractivity contribution is 6.28. The summed E-state index contributed by atoms with van der Waals surface area (Å²) in [5, 5.41) is 11.3. The summed E-state index contributed by atoms with van der Waals surface area (Å²) in [5.74, 6) is 2.91. The Hall–Kier alpha value is -9.79. The number of benzene rings is 11. The molecule has 330 valence electrons. The SMILES string of the molecule is c1ccc(-n2c3ccc4ccccc4c3c3c4cc(-c5nc(-c6ccc7cc(-c8nc9ccccc9o8)ccc7c6)nc(-c6ccc7cc(-c8nc9ccccc9o8)ccc7c6)n5)ccc4ccc32)cc1. The van der Waals surface area contributed by atoms with E-state index < -0.39 is 0 Å². The van der Waals surface area contributed by atoms with Crippen molar-refractivity contribution in [3.63, 3.8) is 0 Å². The van der Waals surface area contributed by atoms with Gasteiger partial charge in [-0.15, -0.1) is 0 Å². The van der Waals surface area contributed by atoms with Crippen LogP contribution in [0.5, 0.6) is 0 Å². The second-order valence-electron chi connectivity index (χ2n) is 18.1. The second-order valence-corrected chi connectivity index (χ2v) is 18.1. The minimum atomic E-state index is 0.575. The molecule has 4 aromatic heterocycles. The molecule has 0 bridgehead atoms. The van der Waals surface area contributed by atoms with Crippen LogP contribution in [0.1, 0.15) is 0 Å². The Morgan fingerprint density at radius 3 is 1.25 bits per heavy atom. The molecule has 4 heterocycles. The van der Waals surface area contributed by atoms with Crippen LogP contribution in [0.2, 0.25) is 0 Å². The molecule has 11 aromatic carbocycles. The summed E-state index contributed by atoms with van der Waals surface area (Å²) in [4.78, 5) is 25.4. The zero-order chi connectivity index (χ0) is 46.6. The lowest BCUT2D eigenvalue weighted by molar-refractivity contribution is 0.619. The van der Waals surface area contributed by atoms with Gasteiger partial charge >= 0.3 is 0 Å². The number of oxazole rings is 2. The summed E-state index contributed by atoms with van der Waals surface area (Å²) in [5.41, 5.74) is 11.1. The molecule has 0 N–H and O–H groups in total. The van der Waals surface area contributed by atoms with Crippen molar-refractivity contribution >= 4 is 87.1 Å². The third-order valence-corrected chi connectivity index (χ3v) is 13.8. The van der Waals surface area contributed by atoms with Gasteiger partial charge in [-0.05, 0) is 134 Å². The van der Waals surface area contributed by atoms with Crippen molar-refractivity contribution in [1.82, 2.24) is 29.5 Å². The highest BCUT2D eigenvalue weighted by Gasteiger charge is 2.20. The monoisotopic (exact) mass is 908 g/mol. The van der Waals surface area contributed by atoms with Gasteiger partial charge in [0.2, 0.25) is 11.8 Å². The minimum absolute atomic E-state index is 0.575. The number of hydrogen-bond donors (Lipinski definition) is 0. The molecule has 0 aliphatic heterocycles. The van der Waals surface area contributed by atoms with Gasteiger partial charge in [-0.1, -0.05) is 127 Å². The number of hydrogen-bond acceptors (Lipinski definition) is 7. The average Bonchev–Trinajstić information content (AvgIpc) is 4.17. The zero-order valence-electron chi connectivity index (χ0n) is 37.8. The van der Waals surface area contributed by atoms with Gasteiger partial charge in [-0.3, -0.25) is 0 Å². The van der Waals surface area contributed by atoms with Crippen molar-refractivity contribution in [2.45, 2.75) is 0 Å². The maximum Gasteiger partial charge on any atom is 0.227 e. The first-order chi connectivity index (χ1) is 35.1. The molecular formula is C63H36N6O2. The van der Waals surface area contributed by atoms with E-state index in [1.54, 1.807) is 0 Å². The van der Waals surface area contributed by atoms with Gasteiger partial charge in [0.15, 0.2) is 28.6 Å². The van der Waals surface area contributed by atoms with Crippen LogP contribution in [0, 0.1) is 0 Å². The number of fused-ring (bicyclic) bond motifs is 11. The van der Waals surface area contributed by atoms with Gasteiger partial charge < -0.3 is 13.4 Å². The molecule has 0 spiro atoms. The first kappa shape index (κ1) is 39.2. The molecule has 0 aliphatic carbocycles. The molecule has 0 amide bonds. The van der Waals surface area contributed by atoms with Gasteiger partial charge in [0.05, 0.1) is 11.0 Å². The topological polar surface area (TPSA) is 95.7 Å². The standard InChI is InChI=1S/C63H36N6O2/c1-2-11-48(12-3-1)69-53-30-28-37-10-4-5-13-49(37)57(53)58-50-36-45(23-18-38(50)29-31-54(58)69)61-67-59(43-24-19-41-34-46(26-21-39(41)32-43)62-64-51-14-6-8-16-55(51)70-62)66-60(68-61)44-25-20-42-35-47(27-22-40(42)33-44)63-65-52-15-7-9-17-56(52)71-63/h1-36H. The summed E-state index contributed by atoms with van der Waals surface area (Å²) in [6, 6.07) is 75.8. The molecule has 0 unspecified atom stereocenters. The smallest absolute Gasteiger partial charge is 0.227 e. The van der Waals surface area contributed by atoms with Crippen molar-refractivity contribution in [2.24, 2.45) is 0 Å². The minimum Gasteiger partial charge on any atom is -0.436 e. The second kappa shape index (κ2) is 15.4. The van der Waals surface area contributed by atoms with Gasteiger partial charge in [0.1, 0.15) is 11.0 Å². The van der Waals surface area contributed by atoms with Crippen molar-refractivity contribution < 1.29 is 8.83 Å². The fourth-order valence-corrected chi connectivity index (χ4v) is 10.4. The maximum absolute atomic E-state index is 6.14. The molecule has 0 radical (unpaired) electrons. The van der Waals surface area contributed by atoms with Crippen molar-refractivity contribution in [3.8, 4) is 62.8 Å². The number of rotatable bonds is 6. The number of para-hydroxylation sites is 5. The summed E-state index contributed by atoms with van der Waals surface area (Å²) in [6.07, 6.45) is 0. The molecule has 71 heavy (non-hydrogen) atoms. The third kappa shape index (κ3) is 6.42. The quantitative estimate of drug-likeness (QED) is 0.164. The van der Waals surface area contributed by atoms with Gasteiger partial charge in [0.25, 0.3) is 0 Å². The Morgan fingerprint density at radius 2 is 0.704 bits per heavy atom. The molecule has 8 heteroatoms. The average molecular weight is 909 g/mol. The van der Waals surface area contributed by atoms with E-state index in [2.05, 4.69) is 174 Å². The summed E-state index contributed by atoms with van der Waals surface area (Å²) in [7, 11) is 0. The van der Waals surface area contributed by atoms with E-state index in [0.717, 1.165) is 99.1 Å². The summed E-state index contributed by atoms with van der Waals surface area (Å²) in [6.45, 7) is 0. The van der Waals surface area contributed by atoms with Gasteiger partial charge in [0, 0.05) is 44.3 Å². The van der Waals surface area contributed by atoms with E-state index in [1.165, 1.54) is 21.5 Å². The fourth-order valence-electron chi connectivity index (χ4n) is 10.4. The van der Waals surface area contributed by atoms with Gasteiger partial charge in [-0.2, -0.15) is 0 Å². The number of nitrogens with zero attached hydrogens (tertiary/aromatic N) is 6. The number of aromatic nitrogens is 6. The van der Waals surface area contributed by atoms with E-state index in [1.807, 2.05) is 48.5 Å². The van der Waals surface area contributed by atoms with Crippen molar-refractivity contribution in [2.75, 3.05) is 0 Å². The Labute approximate surface area is 404 Å². The molecule has 0 aliphatic rings. The maximum atomic E-state index is 6.14. The lowest BCUT2D eigenvalue weighted by Crippen LogP contribution is -2.00. The van der Waals surface area contributed by atoms with Crippen molar-refractivity contribution in [1.29, 1.82) is 0 Å². The molecule has 0 atom stereocenters. The van der Waals surface area contributed by atoms with Crippen LogP contribution in [0.3, 0.4) is 0 Å². The molecule has 0 saturated carbocycles. The van der Waals surface area contributed by atoms with Crippen molar-refractivity contribution in [3.05, 3.63) is 218 Å². The fraction of sp³-hybridized carbons (Fsp3) is 0. The lowest BCUT2D eigenvalue weighted by atomic mass is 9.98. The first-order valence-corrected chi connectivity index (χ1v) is 23.6. The normalized spacial score (nSPS) is 11.9. The van der Waals surface area contributed by atoms with Crippen LogP contribution in [0.15, 0.2) is 227 Å². The predicted molar refractivity (Wildman–Crippen MR) is 287 cm³/mol. The zero-order valence-corrected chi connectivity index (χ0v) is 37.8. The van der Waals surface area contributed by atoms with Gasteiger partial charge in [-0.25, -0.2) is 24.9 Å². The van der Waals surface area contributed by atoms with E-state index in [-0.39, 0.29) is 0 Å². The van der Waals surface area contributed by atoms with E-state index >= 15 is 0 Å². The Bertz CT molecular complexity index is 4420. The first-order valence-electron chi connectivity index (χ1n) is 23.6. The summed E-state index contributed by atoms with van der Waals surface area (Å²) >= 11 is 0. The highest BCUT2D eigenvalue weighted by Crippen LogP contribution is 2.42. The lowest BCUT2D eigenvalue weighted by Gasteiger charge is -2.11. The largest absolute Gasteiger partial charge is 0.436 e. The van der Waals surface area contributed by atoms with E-state index in [4.69, 9.17) is 33.8 Å². The van der Waals surface area contributed by atoms with E-state index in [9.17, 15) is 0 Å². The molecule has 0 saturated heterocycles. The van der Waals surface area contributed by atoms with Crippen LogP contribution in [-0.4, -0.2) is 29.5 Å². The van der Waals surface area contributed by atoms with E-state index in [0.29, 0.717) is 29.3 Å². The Morgan fingerprint density at radius 1 is 0.296 bits per heavy atom. The van der Waals surface area contributed by atoms with Crippen LogP contribution in [0.4, 0.5) is 0 Å². The van der Waals surface area contributed by atoms with Crippen LogP contribution >= 0.6 is 0 Å². The van der Waals surface area contributed by atoms with Crippen LogP contribution in [-0.2, 0) is 0 Å². The highest BCUT2D eigenvalue weighted by atomic mass is 16.4. The Kier molecular flexibility index (Phi) is 8.49. The molecule has 15 aromatic rings. The van der Waals surface area contributed by atoms with Crippen LogP contribution in [0.25, 0.3) is 150 Å². The molecule has 8 nitrogen and oxygen atoms in total. The van der Waals surface area contributed by atoms with Crippen LogP contribution < -0.4 is 0 Å². The molecule has 15 rings (SSSR count). The molecule has 0 fully saturated rings. The summed E-state index contributed by atoms with van der Waals surface area (Å²) < 4.78 is 14.7. The Balaban J connectivity index is 0.905. The molecular weight excluding hydrogens is 873 g/mol.